The number of rotatable bonds is 7. The normalized spacial score (nSPS) is 17.6. The van der Waals surface area contributed by atoms with Gasteiger partial charge in [0.15, 0.2) is 0 Å². The number of urea groups is 1. The quantitative estimate of drug-likeness (QED) is 0.670. The van der Waals surface area contributed by atoms with E-state index >= 15 is 0 Å². The molecule has 1 atom stereocenters. The van der Waals surface area contributed by atoms with Crippen molar-refractivity contribution in [3.63, 3.8) is 0 Å². The van der Waals surface area contributed by atoms with E-state index in [0.29, 0.717) is 38.2 Å². The topological polar surface area (TPSA) is 108 Å². The third kappa shape index (κ3) is 5.17. The van der Waals surface area contributed by atoms with Gasteiger partial charge in [-0.1, -0.05) is 6.92 Å². The fraction of sp³-hybridized carbons (Fsp3) is 0.500. The third-order valence-corrected chi connectivity index (χ3v) is 5.37. The molecule has 25 heavy (non-hydrogen) atoms. The molecule has 1 heterocycles. The van der Waals surface area contributed by atoms with Gasteiger partial charge in [-0.05, 0) is 37.6 Å². The molecule has 1 aromatic rings. The van der Waals surface area contributed by atoms with Crippen LogP contribution in [0.2, 0.25) is 0 Å². The van der Waals surface area contributed by atoms with Gasteiger partial charge in [-0.25, -0.2) is 17.9 Å². The molecule has 138 valence electrons. The number of nitrogens with zero attached hydrogens (tertiary/aromatic N) is 1. The van der Waals surface area contributed by atoms with Crippen molar-refractivity contribution >= 4 is 27.6 Å². The van der Waals surface area contributed by atoms with Gasteiger partial charge >= 0.3 is 6.03 Å². The highest BCUT2D eigenvalue weighted by molar-refractivity contribution is 7.89. The highest BCUT2D eigenvalue weighted by atomic mass is 32.2. The highest BCUT2D eigenvalue weighted by Gasteiger charge is 2.29. The Morgan fingerprint density at radius 2 is 1.92 bits per heavy atom. The van der Waals surface area contributed by atoms with Gasteiger partial charge in [0.25, 0.3) is 0 Å². The maximum atomic E-state index is 12.0. The van der Waals surface area contributed by atoms with Crippen molar-refractivity contribution in [2.45, 2.75) is 37.6 Å². The predicted molar refractivity (Wildman–Crippen MR) is 94.7 cm³/mol. The van der Waals surface area contributed by atoms with E-state index in [1.807, 2.05) is 13.8 Å². The first-order chi connectivity index (χ1) is 11.9. The van der Waals surface area contributed by atoms with Gasteiger partial charge in [-0.3, -0.25) is 4.79 Å². The van der Waals surface area contributed by atoms with Gasteiger partial charge in [0.05, 0.1) is 10.9 Å². The number of hydrogen-bond acceptors (Lipinski definition) is 4. The minimum absolute atomic E-state index is 0.0296. The maximum Gasteiger partial charge on any atom is 0.319 e. The van der Waals surface area contributed by atoms with Crippen molar-refractivity contribution in [1.29, 1.82) is 0 Å². The number of sulfonamides is 1. The second kappa shape index (κ2) is 8.30. The average molecular weight is 368 g/mol. The molecule has 3 amide bonds. The monoisotopic (exact) mass is 368 g/mol. The van der Waals surface area contributed by atoms with Crippen LogP contribution in [0.1, 0.15) is 26.7 Å². The number of likely N-dealkylation sites (N-methyl/N-ethyl adjacent to an activating group) is 1. The van der Waals surface area contributed by atoms with E-state index in [2.05, 4.69) is 15.4 Å². The van der Waals surface area contributed by atoms with E-state index in [1.165, 1.54) is 24.3 Å². The van der Waals surface area contributed by atoms with E-state index in [9.17, 15) is 18.0 Å². The number of likely N-dealkylation sites (tertiary alicyclic amines) is 1. The molecule has 0 bridgehead atoms. The second-order valence-corrected chi connectivity index (χ2v) is 7.62. The molecule has 1 saturated heterocycles. The first-order valence-electron chi connectivity index (χ1n) is 8.30. The predicted octanol–water partition coefficient (Wildman–Crippen LogP) is 1.12. The molecule has 8 nitrogen and oxygen atoms in total. The van der Waals surface area contributed by atoms with Gasteiger partial charge < -0.3 is 15.5 Å². The number of hydrogen-bond donors (Lipinski definition) is 3. The summed E-state index contributed by atoms with van der Waals surface area (Å²) in [5.41, 5.74) is 0.476. The van der Waals surface area contributed by atoms with Crippen LogP contribution < -0.4 is 15.4 Å². The molecule has 0 spiro atoms. The highest BCUT2D eigenvalue weighted by Crippen LogP contribution is 2.15. The standard InChI is InChI=1S/C16H24N4O4S/c1-3-9-17-25(23,24)14-7-5-12(6-8-14)18-16(22)19-13-10-15(21)20(4-2)11-13/h5-8,13,17H,3-4,9-11H2,1-2H3,(H2,18,19,22)/t13-/m0/s1. The number of carbonyl (C=O) groups excluding carboxylic acids is 2. The molecule has 2 rings (SSSR count). The van der Waals surface area contributed by atoms with Crippen LogP contribution in [0.15, 0.2) is 29.2 Å². The summed E-state index contributed by atoms with van der Waals surface area (Å²) < 4.78 is 26.5. The summed E-state index contributed by atoms with van der Waals surface area (Å²) in [5.74, 6) is 0.0296. The Morgan fingerprint density at radius 3 is 2.48 bits per heavy atom. The summed E-state index contributed by atoms with van der Waals surface area (Å²) in [4.78, 5) is 25.5. The zero-order chi connectivity index (χ0) is 18.4. The molecule has 1 aliphatic heterocycles. The Balaban J connectivity index is 1.91. The molecule has 0 unspecified atom stereocenters. The summed E-state index contributed by atoms with van der Waals surface area (Å²) in [6, 6.07) is 5.29. The SMILES string of the molecule is CCCNS(=O)(=O)c1ccc(NC(=O)N[C@H]2CC(=O)N(CC)C2)cc1. The van der Waals surface area contributed by atoms with E-state index in [-0.39, 0.29) is 16.8 Å². The number of anilines is 1. The fourth-order valence-electron chi connectivity index (χ4n) is 2.56. The van der Waals surface area contributed by atoms with Gasteiger partial charge in [0.1, 0.15) is 0 Å². The van der Waals surface area contributed by atoms with Crippen LogP contribution >= 0.6 is 0 Å². The largest absolute Gasteiger partial charge is 0.341 e. The van der Waals surface area contributed by atoms with Crippen LogP contribution in [0.5, 0.6) is 0 Å². The van der Waals surface area contributed by atoms with E-state index in [0.717, 1.165) is 0 Å². The Kier molecular flexibility index (Phi) is 6.38. The van der Waals surface area contributed by atoms with Crippen molar-refractivity contribution in [3.05, 3.63) is 24.3 Å². The summed E-state index contributed by atoms with van der Waals surface area (Å²) in [6.07, 6.45) is 1.000. The Hall–Kier alpha value is -2.13. The number of amides is 3. The van der Waals surface area contributed by atoms with E-state index < -0.39 is 16.1 Å². The van der Waals surface area contributed by atoms with Crippen molar-refractivity contribution in [1.82, 2.24) is 14.9 Å². The molecule has 0 radical (unpaired) electrons. The van der Waals surface area contributed by atoms with Gasteiger partial charge in [-0.2, -0.15) is 0 Å². The number of carbonyl (C=O) groups is 2. The summed E-state index contributed by atoms with van der Waals surface area (Å²) in [5, 5.41) is 5.39. The molecule has 9 heteroatoms. The van der Waals surface area contributed by atoms with Crippen molar-refractivity contribution < 1.29 is 18.0 Å². The Morgan fingerprint density at radius 1 is 1.24 bits per heavy atom. The van der Waals surface area contributed by atoms with Crippen molar-refractivity contribution in [2.75, 3.05) is 25.0 Å². The Labute approximate surface area is 148 Å². The van der Waals surface area contributed by atoms with Crippen LogP contribution in [-0.2, 0) is 14.8 Å². The first-order valence-corrected chi connectivity index (χ1v) is 9.79. The first kappa shape index (κ1) is 19.2. The lowest BCUT2D eigenvalue weighted by molar-refractivity contribution is -0.127. The number of nitrogens with one attached hydrogen (secondary N) is 3. The molecule has 0 aromatic heterocycles. The van der Waals surface area contributed by atoms with Gasteiger partial charge in [0.2, 0.25) is 15.9 Å². The Bertz CT molecular complexity index is 718. The van der Waals surface area contributed by atoms with Gasteiger partial charge in [-0.15, -0.1) is 0 Å². The summed E-state index contributed by atoms with van der Waals surface area (Å²) in [6.45, 7) is 5.28. The zero-order valence-electron chi connectivity index (χ0n) is 14.4. The lowest BCUT2D eigenvalue weighted by Crippen LogP contribution is -2.39. The minimum Gasteiger partial charge on any atom is -0.341 e. The van der Waals surface area contributed by atoms with Crippen LogP contribution in [0.4, 0.5) is 10.5 Å². The second-order valence-electron chi connectivity index (χ2n) is 5.85. The van der Waals surface area contributed by atoms with Crippen LogP contribution in [0, 0.1) is 0 Å². The van der Waals surface area contributed by atoms with E-state index in [1.54, 1.807) is 4.90 Å². The third-order valence-electron chi connectivity index (χ3n) is 3.90. The molecule has 0 saturated carbocycles. The lowest BCUT2D eigenvalue weighted by Gasteiger charge is -2.15. The summed E-state index contributed by atoms with van der Waals surface area (Å²) >= 11 is 0. The van der Waals surface area contributed by atoms with Crippen molar-refractivity contribution in [2.24, 2.45) is 0 Å². The summed E-state index contributed by atoms with van der Waals surface area (Å²) in [7, 11) is -3.52. The van der Waals surface area contributed by atoms with Crippen LogP contribution in [0.25, 0.3) is 0 Å². The molecule has 1 aliphatic rings. The lowest BCUT2D eigenvalue weighted by atomic mass is 10.2. The van der Waals surface area contributed by atoms with E-state index in [4.69, 9.17) is 0 Å². The molecular formula is C16H24N4O4S. The molecule has 0 aliphatic carbocycles. The minimum atomic E-state index is -3.52. The fourth-order valence-corrected chi connectivity index (χ4v) is 3.70. The smallest absolute Gasteiger partial charge is 0.319 e. The molecule has 3 N–H and O–H groups in total. The van der Waals surface area contributed by atoms with Crippen LogP contribution in [-0.4, -0.2) is 50.9 Å². The number of benzene rings is 1. The van der Waals surface area contributed by atoms with Crippen molar-refractivity contribution in [3.8, 4) is 0 Å². The average Bonchev–Trinajstić information content (AvgIpc) is 2.92. The van der Waals surface area contributed by atoms with Gasteiger partial charge in [0, 0.05) is 31.7 Å². The molecule has 1 aromatic carbocycles. The molecular weight excluding hydrogens is 344 g/mol. The zero-order valence-corrected chi connectivity index (χ0v) is 15.2. The molecule has 1 fully saturated rings. The maximum absolute atomic E-state index is 12.0. The van der Waals surface area contributed by atoms with Crippen LogP contribution in [0.3, 0.4) is 0 Å².